The smallest absolute Gasteiger partial charge is 0.181 e. The van der Waals surface area contributed by atoms with Crippen LogP contribution >= 0.6 is 0 Å². The third-order valence-electron chi connectivity index (χ3n) is 0.993. The predicted octanol–water partition coefficient (Wildman–Crippen LogP) is 0.724. The summed E-state index contributed by atoms with van der Waals surface area (Å²) in [6.45, 7) is 3.82. The number of aliphatic hydroxyl groups is 1. The van der Waals surface area contributed by atoms with Gasteiger partial charge in [0.1, 0.15) is 6.61 Å². The van der Waals surface area contributed by atoms with Crippen LogP contribution in [0.3, 0.4) is 0 Å². The molecule has 1 fully saturated rings. The molecule has 0 aromatic rings. The number of rotatable bonds is 0. The average molecular weight is 134 g/mol. The fourth-order valence-corrected chi connectivity index (χ4v) is 0.668. The number of hydrogen-bond donors (Lipinski definition) is 1. The van der Waals surface area contributed by atoms with E-state index in [9.17, 15) is 0 Å². The molecule has 1 heterocycles. The van der Waals surface area contributed by atoms with E-state index >= 15 is 0 Å². The maximum atomic E-state index is 8.72. The third-order valence-corrected chi connectivity index (χ3v) is 0.993. The first kappa shape index (κ1) is 8.88. The lowest BCUT2D eigenvalue weighted by atomic mass is 10.4. The van der Waals surface area contributed by atoms with Gasteiger partial charge in [0.25, 0.3) is 0 Å². The molecule has 0 amide bonds. The largest absolute Gasteiger partial charge is 0.366 e. The molecule has 1 aliphatic rings. The highest BCUT2D eigenvalue weighted by molar-refractivity contribution is 4.61. The van der Waals surface area contributed by atoms with Gasteiger partial charge in [0.2, 0.25) is 0 Å². The van der Waals surface area contributed by atoms with Crippen molar-refractivity contribution in [2.24, 2.45) is 0 Å². The quantitative estimate of drug-likeness (QED) is 0.530. The molecule has 3 heteroatoms. The van der Waals surface area contributed by atoms with Gasteiger partial charge in [-0.15, -0.1) is 0 Å². The number of ether oxygens (including phenoxy) is 2. The van der Waals surface area contributed by atoms with Crippen molar-refractivity contribution in [3.8, 4) is 0 Å². The van der Waals surface area contributed by atoms with E-state index in [1.54, 1.807) is 13.8 Å². The van der Waals surface area contributed by atoms with Gasteiger partial charge >= 0.3 is 0 Å². The number of aliphatic hydroxyl groups excluding tert-OH is 1. The monoisotopic (exact) mass is 134 g/mol. The van der Waals surface area contributed by atoms with Crippen LogP contribution in [0.4, 0.5) is 0 Å². The summed E-state index contributed by atoms with van der Waals surface area (Å²) in [5.41, 5.74) is 0. The Morgan fingerprint density at radius 1 is 1.56 bits per heavy atom. The van der Waals surface area contributed by atoms with Crippen molar-refractivity contribution in [1.82, 2.24) is 0 Å². The molecule has 56 valence electrons. The lowest BCUT2D eigenvalue weighted by molar-refractivity contribution is -0.173. The third kappa shape index (κ3) is 2.30. The Bertz CT molecular complexity index is 90.3. The predicted molar refractivity (Wildman–Crippen MR) is 33.9 cm³/mol. The first-order valence-electron chi connectivity index (χ1n) is 2.60. The molecule has 0 aliphatic carbocycles. The molecular formula is C6H14O3. The van der Waals surface area contributed by atoms with Crippen LogP contribution in [0.15, 0.2) is 0 Å². The van der Waals surface area contributed by atoms with E-state index in [1.807, 2.05) is 0 Å². The Kier molecular flexibility index (Phi) is 2.61. The zero-order valence-electron chi connectivity index (χ0n) is 5.05. The Morgan fingerprint density at radius 3 is 2.22 bits per heavy atom. The van der Waals surface area contributed by atoms with Crippen molar-refractivity contribution >= 4 is 0 Å². The number of hydrogen-bond acceptors (Lipinski definition) is 3. The van der Waals surface area contributed by atoms with Crippen molar-refractivity contribution < 1.29 is 14.6 Å². The summed E-state index contributed by atoms with van der Waals surface area (Å²) in [4.78, 5) is 0. The Morgan fingerprint density at radius 2 is 2.11 bits per heavy atom. The summed E-state index contributed by atoms with van der Waals surface area (Å²) < 4.78 is 9.86. The molecule has 1 N–H and O–H groups in total. The van der Waals surface area contributed by atoms with Crippen LogP contribution < -0.4 is 0 Å². The minimum atomic E-state index is -0.731. The summed E-state index contributed by atoms with van der Waals surface area (Å²) in [5.74, 6) is -0.584. The van der Waals surface area contributed by atoms with Crippen LogP contribution in [0, 0.1) is 0 Å². The maximum Gasteiger partial charge on any atom is 0.181 e. The van der Waals surface area contributed by atoms with Gasteiger partial charge in [-0.2, -0.15) is 0 Å². The van der Waals surface area contributed by atoms with E-state index in [-0.39, 0.29) is 14.0 Å². The Balaban J connectivity index is 0.000000640. The molecule has 1 atom stereocenters. The lowest BCUT2D eigenvalue weighted by Gasteiger charge is -2.14. The summed E-state index contributed by atoms with van der Waals surface area (Å²) in [5, 5.41) is 8.72. The van der Waals surface area contributed by atoms with Crippen LogP contribution in [-0.2, 0) is 9.47 Å². The van der Waals surface area contributed by atoms with Gasteiger partial charge < -0.3 is 14.6 Å². The van der Waals surface area contributed by atoms with E-state index < -0.39 is 12.1 Å². The Labute approximate surface area is 55.6 Å². The minimum absolute atomic E-state index is 0. The first-order valence-corrected chi connectivity index (χ1v) is 2.60. The first-order chi connectivity index (χ1) is 3.60. The van der Waals surface area contributed by atoms with Crippen molar-refractivity contribution in [2.45, 2.75) is 33.4 Å². The highest BCUT2D eigenvalue weighted by Gasteiger charge is 2.30. The molecule has 0 radical (unpaired) electrons. The topological polar surface area (TPSA) is 38.7 Å². The summed E-state index contributed by atoms with van der Waals surface area (Å²) in [6.07, 6.45) is -0.731. The summed E-state index contributed by atoms with van der Waals surface area (Å²) >= 11 is 0. The van der Waals surface area contributed by atoms with Crippen molar-refractivity contribution in [3.05, 3.63) is 0 Å². The molecule has 1 saturated heterocycles. The second-order valence-electron chi connectivity index (χ2n) is 2.28. The molecule has 1 aliphatic heterocycles. The van der Waals surface area contributed by atoms with Crippen molar-refractivity contribution in [1.29, 1.82) is 0 Å². The van der Waals surface area contributed by atoms with E-state index in [0.717, 1.165) is 0 Å². The molecule has 9 heavy (non-hydrogen) atoms. The summed E-state index contributed by atoms with van der Waals surface area (Å²) in [6, 6.07) is 0. The molecular weight excluding hydrogens is 120 g/mol. The zero-order chi connectivity index (χ0) is 6.20. The normalized spacial score (nSPS) is 31.7. The van der Waals surface area contributed by atoms with Gasteiger partial charge in [0.05, 0.1) is 0 Å². The van der Waals surface area contributed by atoms with Gasteiger partial charge in [-0.05, 0) is 13.8 Å². The van der Waals surface area contributed by atoms with Gasteiger partial charge in [-0.1, -0.05) is 7.43 Å². The Hall–Kier alpha value is -0.120. The van der Waals surface area contributed by atoms with Crippen LogP contribution in [0.1, 0.15) is 21.3 Å². The zero-order valence-corrected chi connectivity index (χ0v) is 5.05. The van der Waals surface area contributed by atoms with Crippen LogP contribution in [0.25, 0.3) is 0 Å². The summed E-state index contributed by atoms with van der Waals surface area (Å²) in [7, 11) is 0. The highest BCUT2D eigenvalue weighted by atomic mass is 16.8. The minimum Gasteiger partial charge on any atom is -0.366 e. The second-order valence-corrected chi connectivity index (χ2v) is 2.28. The molecule has 0 aromatic heterocycles. The molecule has 0 saturated carbocycles. The molecule has 3 nitrogen and oxygen atoms in total. The SMILES string of the molecule is C.CC1(C)OCC(O)O1. The molecule has 0 aromatic carbocycles. The molecule has 0 bridgehead atoms. The van der Waals surface area contributed by atoms with Crippen molar-refractivity contribution in [3.63, 3.8) is 0 Å². The van der Waals surface area contributed by atoms with E-state index in [0.29, 0.717) is 0 Å². The highest BCUT2D eigenvalue weighted by Crippen LogP contribution is 2.19. The standard InChI is InChI=1S/C5H10O3.CH4/c1-5(2)7-3-4(6)8-5;/h4,6H,3H2,1-2H3;1H4. The molecule has 0 spiro atoms. The van der Waals surface area contributed by atoms with Gasteiger partial charge in [0, 0.05) is 0 Å². The fraction of sp³-hybridized carbons (Fsp3) is 1.00. The second kappa shape index (κ2) is 2.64. The maximum absolute atomic E-state index is 8.72. The lowest BCUT2D eigenvalue weighted by Crippen LogP contribution is -2.21. The van der Waals surface area contributed by atoms with Gasteiger partial charge in [-0.25, -0.2) is 0 Å². The van der Waals surface area contributed by atoms with E-state index in [4.69, 9.17) is 14.6 Å². The van der Waals surface area contributed by atoms with Gasteiger partial charge in [-0.3, -0.25) is 0 Å². The van der Waals surface area contributed by atoms with Gasteiger partial charge in [0.15, 0.2) is 12.1 Å². The van der Waals surface area contributed by atoms with E-state index in [1.165, 1.54) is 0 Å². The molecule has 1 unspecified atom stereocenters. The van der Waals surface area contributed by atoms with E-state index in [2.05, 4.69) is 0 Å². The van der Waals surface area contributed by atoms with Crippen molar-refractivity contribution in [2.75, 3.05) is 6.61 Å². The molecule has 1 rings (SSSR count). The van der Waals surface area contributed by atoms with Crippen LogP contribution in [0.2, 0.25) is 0 Å². The van der Waals surface area contributed by atoms with Crippen LogP contribution in [-0.4, -0.2) is 23.8 Å². The average Bonchev–Trinajstić information content (AvgIpc) is 1.82. The fourth-order valence-electron chi connectivity index (χ4n) is 0.668. The van der Waals surface area contributed by atoms with Crippen LogP contribution in [0.5, 0.6) is 0 Å².